The van der Waals surface area contributed by atoms with Gasteiger partial charge in [0.15, 0.2) is 0 Å². The second-order valence-corrected chi connectivity index (χ2v) is 4.50. The molecule has 1 rings (SSSR count). The van der Waals surface area contributed by atoms with Gasteiger partial charge < -0.3 is 4.74 Å². The molecule has 1 aromatic carbocycles. The Morgan fingerprint density at radius 2 is 1.88 bits per heavy atom. The Hall–Kier alpha value is -1.57. The number of aryl methyl sites for hydroxylation is 1. The van der Waals surface area contributed by atoms with Crippen LogP contribution in [0.2, 0.25) is 0 Å². The average molecular weight is 218 g/mol. The Morgan fingerprint density at radius 3 is 2.38 bits per heavy atom. The van der Waals surface area contributed by atoms with E-state index in [9.17, 15) is 4.79 Å². The molecule has 0 atom stereocenters. The molecular formula is C14H18O2. The first-order valence-electron chi connectivity index (χ1n) is 5.29. The van der Waals surface area contributed by atoms with Crippen LogP contribution < -0.4 is 0 Å². The van der Waals surface area contributed by atoms with Gasteiger partial charge in [-0.05, 0) is 38.8 Å². The number of rotatable bonds is 3. The van der Waals surface area contributed by atoms with Gasteiger partial charge in [-0.25, -0.2) is 4.79 Å². The molecule has 0 bridgehead atoms. The molecule has 0 spiro atoms. The number of esters is 1. The Labute approximate surface area is 96.9 Å². The maximum Gasteiger partial charge on any atom is 0.333 e. The van der Waals surface area contributed by atoms with E-state index in [-0.39, 0.29) is 5.97 Å². The number of hydrogen-bond donors (Lipinski definition) is 0. The maximum absolute atomic E-state index is 11.5. The van der Waals surface area contributed by atoms with Crippen LogP contribution >= 0.6 is 0 Å². The summed E-state index contributed by atoms with van der Waals surface area (Å²) >= 11 is 0. The minimum atomic E-state index is -0.624. The van der Waals surface area contributed by atoms with Gasteiger partial charge in [-0.2, -0.15) is 0 Å². The van der Waals surface area contributed by atoms with E-state index in [2.05, 4.69) is 6.58 Å². The number of carbonyl (C=O) groups excluding carboxylic acids is 1. The zero-order valence-corrected chi connectivity index (χ0v) is 10.3. The van der Waals surface area contributed by atoms with Gasteiger partial charge in [-0.1, -0.05) is 30.8 Å². The van der Waals surface area contributed by atoms with Crippen molar-refractivity contribution in [2.24, 2.45) is 0 Å². The minimum absolute atomic E-state index is 0.353. The Balaban J connectivity index is 2.98. The number of ether oxygens (including phenoxy) is 1. The van der Waals surface area contributed by atoms with Gasteiger partial charge in [0.2, 0.25) is 0 Å². The first-order chi connectivity index (χ1) is 7.34. The van der Waals surface area contributed by atoms with E-state index in [0.717, 1.165) is 11.1 Å². The average Bonchev–Trinajstić information content (AvgIpc) is 2.17. The second-order valence-electron chi connectivity index (χ2n) is 4.50. The molecule has 0 fully saturated rings. The molecular weight excluding hydrogens is 200 g/mol. The maximum atomic E-state index is 11.5. The third-order valence-electron chi connectivity index (χ3n) is 2.49. The fourth-order valence-electron chi connectivity index (χ4n) is 1.62. The van der Waals surface area contributed by atoms with E-state index in [1.54, 1.807) is 6.92 Å². The van der Waals surface area contributed by atoms with Gasteiger partial charge >= 0.3 is 5.97 Å². The molecule has 0 N–H and O–H groups in total. The van der Waals surface area contributed by atoms with Crippen molar-refractivity contribution in [1.82, 2.24) is 0 Å². The summed E-state index contributed by atoms with van der Waals surface area (Å²) in [5.74, 6) is -0.353. The quantitative estimate of drug-likeness (QED) is 0.574. The second kappa shape index (κ2) is 4.52. The first kappa shape index (κ1) is 12.5. The monoisotopic (exact) mass is 218 g/mol. The largest absolute Gasteiger partial charge is 0.451 e. The van der Waals surface area contributed by atoms with Crippen LogP contribution in [0.3, 0.4) is 0 Å². The molecule has 0 aliphatic carbocycles. The van der Waals surface area contributed by atoms with Crippen molar-refractivity contribution in [3.05, 3.63) is 47.5 Å². The summed E-state index contributed by atoms with van der Waals surface area (Å²) in [6.45, 7) is 11.0. The lowest BCUT2D eigenvalue weighted by Gasteiger charge is -2.27. The van der Waals surface area contributed by atoms with Gasteiger partial charge in [-0.15, -0.1) is 0 Å². The van der Waals surface area contributed by atoms with Gasteiger partial charge in [0.25, 0.3) is 0 Å². The summed E-state index contributed by atoms with van der Waals surface area (Å²) in [5.41, 5.74) is 1.93. The topological polar surface area (TPSA) is 26.3 Å². The van der Waals surface area contributed by atoms with Gasteiger partial charge in [0.1, 0.15) is 5.60 Å². The highest BCUT2D eigenvalue weighted by molar-refractivity contribution is 5.87. The molecule has 2 heteroatoms. The van der Waals surface area contributed by atoms with Crippen LogP contribution in [0.25, 0.3) is 0 Å². The van der Waals surface area contributed by atoms with E-state index in [0.29, 0.717) is 5.57 Å². The summed E-state index contributed by atoms with van der Waals surface area (Å²) in [4.78, 5) is 11.5. The van der Waals surface area contributed by atoms with Crippen LogP contribution in [0.5, 0.6) is 0 Å². The lowest BCUT2D eigenvalue weighted by molar-refractivity contribution is -0.152. The van der Waals surface area contributed by atoms with E-state index in [1.807, 2.05) is 45.0 Å². The van der Waals surface area contributed by atoms with Crippen molar-refractivity contribution in [2.45, 2.75) is 33.3 Å². The van der Waals surface area contributed by atoms with E-state index in [1.165, 1.54) is 0 Å². The molecule has 1 aromatic rings. The van der Waals surface area contributed by atoms with Crippen molar-refractivity contribution in [3.63, 3.8) is 0 Å². The molecule has 0 unspecified atom stereocenters. The summed E-state index contributed by atoms with van der Waals surface area (Å²) in [6, 6.07) is 7.89. The van der Waals surface area contributed by atoms with Crippen molar-refractivity contribution in [3.8, 4) is 0 Å². The minimum Gasteiger partial charge on any atom is -0.451 e. The first-order valence-corrected chi connectivity index (χ1v) is 5.29. The molecule has 0 aliphatic rings. The summed E-state index contributed by atoms with van der Waals surface area (Å²) in [6.07, 6.45) is 0. The smallest absolute Gasteiger partial charge is 0.333 e. The third-order valence-corrected chi connectivity index (χ3v) is 2.49. The van der Waals surface area contributed by atoms with Crippen molar-refractivity contribution >= 4 is 5.97 Å². The highest BCUT2D eigenvalue weighted by atomic mass is 16.6. The van der Waals surface area contributed by atoms with Crippen LogP contribution in [0.1, 0.15) is 31.9 Å². The normalized spacial score (nSPS) is 11.0. The molecule has 86 valence electrons. The molecule has 0 aromatic heterocycles. The summed E-state index contributed by atoms with van der Waals surface area (Å²) in [5, 5.41) is 0. The van der Waals surface area contributed by atoms with Crippen LogP contribution in [-0.4, -0.2) is 5.97 Å². The van der Waals surface area contributed by atoms with Crippen LogP contribution in [-0.2, 0) is 15.1 Å². The highest BCUT2D eigenvalue weighted by Gasteiger charge is 2.26. The summed E-state index contributed by atoms with van der Waals surface area (Å²) < 4.78 is 5.43. The van der Waals surface area contributed by atoms with Crippen molar-refractivity contribution in [2.75, 3.05) is 0 Å². The third kappa shape index (κ3) is 2.72. The van der Waals surface area contributed by atoms with E-state index >= 15 is 0 Å². The molecule has 0 amide bonds. The highest BCUT2D eigenvalue weighted by Crippen LogP contribution is 2.28. The summed E-state index contributed by atoms with van der Waals surface area (Å²) in [7, 11) is 0. The van der Waals surface area contributed by atoms with Crippen LogP contribution in [0, 0.1) is 6.92 Å². The predicted octanol–water partition coefficient (Wildman–Crippen LogP) is 3.35. The fourth-order valence-corrected chi connectivity index (χ4v) is 1.62. The van der Waals surface area contributed by atoms with E-state index < -0.39 is 5.60 Å². The molecule has 2 nitrogen and oxygen atoms in total. The Morgan fingerprint density at radius 1 is 1.31 bits per heavy atom. The molecule has 0 aliphatic heterocycles. The molecule has 16 heavy (non-hydrogen) atoms. The molecule has 0 saturated carbocycles. The predicted molar refractivity (Wildman–Crippen MR) is 65.1 cm³/mol. The van der Waals surface area contributed by atoms with Gasteiger partial charge in [0, 0.05) is 5.57 Å². The van der Waals surface area contributed by atoms with Gasteiger partial charge in [-0.3, -0.25) is 0 Å². The molecule has 0 radical (unpaired) electrons. The zero-order valence-electron chi connectivity index (χ0n) is 10.3. The number of benzene rings is 1. The van der Waals surface area contributed by atoms with Gasteiger partial charge in [0.05, 0.1) is 0 Å². The number of carbonyl (C=O) groups is 1. The molecule has 0 saturated heterocycles. The zero-order chi connectivity index (χ0) is 12.3. The van der Waals surface area contributed by atoms with Crippen molar-refractivity contribution in [1.29, 1.82) is 0 Å². The standard InChI is InChI=1S/C14H18O2/c1-10(2)13(15)16-14(4,5)12-9-7-6-8-11(12)3/h6-9H,1H2,2-5H3. The van der Waals surface area contributed by atoms with Crippen molar-refractivity contribution < 1.29 is 9.53 Å². The lowest BCUT2D eigenvalue weighted by Crippen LogP contribution is -2.26. The fraction of sp³-hybridized carbons (Fsp3) is 0.357. The molecule has 0 heterocycles. The lowest BCUT2D eigenvalue weighted by atomic mass is 9.93. The number of hydrogen-bond acceptors (Lipinski definition) is 2. The SMILES string of the molecule is C=C(C)C(=O)OC(C)(C)c1ccccc1C. The van der Waals surface area contributed by atoms with Crippen LogP contribution in [0.4, 0.5) is 0 Å². The Bertz CT molecular complexity index is 416. The Kier molecular flexibility index (Phi) is 3.53. The van der Waals surface area contributed by atoms with E-state index in [4.69, 9.17) is 4.74 Å². The van der Waals surface area contributed by atoms with Crippen LogP contribution in [0.15, 0.2) is 36.4 Å².